The summed E-state index contributed by atoms with van der Waals surface area (Å²) in [7, 11) is 1.68. The van der Waals surface area contributed by atoms with E-state index in [0.717, 1.165) is 18.6 Å². The van der Waals surface area contributed by atoms with Crippen LogP contribution in [0.2, 0.25) is 0 Å². The molecule has 2 aromatic carbocycles. The summed E-state index contributed by atoms with van der Waals surface area (Å²) in [6, 6.07) is 12.4. The number of hydrogen-bond donors (Lipinski definition) is 0. The number of rotatable bonds is 3. The van der Waals surface area contributed by atoms with Crippen molar-refractivity contribution in [2.45, 2.75) is 12.8 Å². The molecule has 0 fully saturated rings. The van der Waals surface area contributed by atoms with Crippen molar-refractivity contribution in [3.05, 3.63) is 42.0 Å². The van der Waals surface area contributed by atoms with Gasteiger partial charge in [-0.3, -0.25) is 0 Å². The number of fused-ring (bicyclic) bond motifs is 1. The number of aryl methyl sites for hydroxylation is 1. The Morgan fingerprint density at radius 2 is 2.12 bits per heavy atom. The van der Waals surface area contributed by atoms with E-state index in [-0.39, 0.29) is 0 Å². The van der Waals surface area contributed by atoms with Crippen molar-refractivity contribution in [1.82, 2.24) is 0 Å². The SMILES string of the molecule is C#CCCc1cccc2cc(OC)ccc12. The first-order valence-corrected chi connectivity index (χ1v) is 5.34. The zero-order chi connectivity index (χ0) is 11.4. The highest BCUT2D eigenvalue weighted by atomic mass is 16.5. The molecule has 0 unspecified atom stereocenters. The van der Waals surface area contributed by atoms with Gasteiger partial charge in [0.2, 0.25) is 0 Å². The van der Waals surface area contributed by atoms with Crippen LogP contribution in [0.4, 0.5) is 0 Å². The van der Waals surface area contributed by atoms with Crippen LogP contribution in [0, 0.1) is 12.3 Å². The van der Waals surface area contributed by atoms with Gasteiger partial charge in [0.25, 0.3) is 0 Å². The monoisotopic (exact) mass is 210 g/mol. The van der Waals surface area contributed by atoms with Crippen LogP contribution in [-0.4, -0.2) is 7.11 Å². The third-order valence-electron chi connectivity index (χ3n) is 2.72. The maximum Gasteiger partial charge on any atom is 0.119 e. The lowest BCUT2D eigenvalue weighted by Gasteiger charge is -2.06. The van der Waals surface area contributed by atoms with Crippen LogP contribution in [0.3, 0.4) is 0 Å². The molecule has 0 atom stereocenters. The summed E-state index contributed by atoms with van der Waals surface area (Å²) in [4.78, 5) is 0. The maximum absolute atomic E-state index is 5.30. The number of benzene rings is 2. The van der Waals surface area contributed by atoms with Crippen LogP contribution >= 0.6 is 0 Å². The zero-order valence-corrected chi connectivity index (χ0v) is 9.36. The largest absolute Gasteiger partial charge is 0.497 e. The predicted octanol–water partition coefficient (Wildman–Crippen LogP) is 3.41. The standard InChI is InChI=1S/C15H14O/c1-3-4-6-12-7-5-8-13-11-14(16-2)9-10-15(12)13/h1,5,7-11H,4,6H2,2H3. The molecular weight excluding hydrogens is 196 g/mol. The van der Waals surface area contributed by atoms with Crippen molar-refractivity contribution in [1.29, 1.82) is 0 Å². The minimum atomic E-state index is 0.783. The summed E-state index contributed by atoms with van der Waals surface area (Å²) < 4.78 is 5.21. The molecule has 0 N–H and O–H groups in total. The maximum atomic E-state index is 5.30. The Balaban J connectivity index is 2.48. The third-order valence-corrected chi connectivity index (χ3v) is 2.72. The molecule has 0 spiro atoms. The van der Waals surface area contributed by atoms with Crippen LogP contribution < -0.4 is 4.74 Å². The van der Waals surface area contributed by atoms with Crippen molar-refractivity contribution in [2.24, 2.45) is 0 Å². The Morgan fingerprint density at radius 3 is 2.88 bits per heavy atom. The van der Waals surface area contributed by atoms with Gasteiger partial charge in [0.15, 0.2) is 0 Å². The number of terminal acetylenes is 1. The fraction of sp³-hybridized carbons (Fsp3) is 0.200. The second kappa shape index (κ2) is 4.72. The first kappa shape index (κ1) is 10.6. The number of methoxy groups -OCH3 is 1. The molecule has 0 radical (unpaired) electrons. The van der Waals surface area contributed by atoms with Gasteiger partial charge in [0.1, 0.15) is 5.75 Å². The van der Waals surface area contributed by atoms with Crippen LogP contribution in [0.1, 0.15) is 12.0 Å². The lowest BCUT2D eigenvalue weighted by molar-refractivity contribution is 0.415. The first-order valence-electron chi connectivity index (χ1n) is 5.34. The Morgan fingerprint density at radius 1 is 1.25 bits per heavy atom. The number of hydrogen-bond acceptors (Lipinski definition) is 1. The van der Waals surface area contributed by atoms with E-state index in [1.54, 1.807) is 7.11 Å². The van der Waals surface area contributed by atoms with Gasteiger partial charge in [0.05, 0.1) is 7.11 Å². The molecule has 2 rings (SSSR count). The van der Waals surface area contributed by atoms with Crippen molar-refractivity contribution in [2.75, 3.05) is 7.11 Å². The van der Waals surface area contributed by atoms with Crippen LogP contribution in [-0.2, 0) is 6.42 Å². The minimum absolute atomic E-state index is 0.783. The van der Waals surface area contributed by atoms with Gasteiger partial charge in [-0.1, -0.05) is 24.3 Å². The molecule has 16 heavy (non-hydrogen) atoms. The fourth-order valence-corrected chi connectivity index (χ4v) is 1.88. The Kier molecular flexibility index (Phi) is 3.12. The summed E-state index contributed by atoms with van der Waals surface area (Å²) in [5.41, 5.74) is 1.30. The topological polar surface area (TPSA) is 9.23 Å². The third kappa shape index (κ3) is 2.01. The van der Waals surface area contributed by atoms with Crippen molar-refractivity contribution in [3.8, 4) is 18.1 Å². The quantitative estimate of drug-likeness (QED) is 0.705. The van der Waals surface area contributed by atoms with Crippen molar-refractivity contribution < 1.29 is 4.74 Å². The van der Waals surface area contributed by atoms with Gasteiger partial charge in [-0.2, -0.15) is 0 Å². The summed E-state index contributed by atoms with van der Waals surface area (Å²) in [6.07, 6.45) is 7.01. The molecule has 0 aromatic heterocycles. The molecule has 0 saturated carbocycles. The number of ether oxygens (including phenoxy) is 1. The molecular formula is C15H14O. The fourth-order valence-electron chi connectivity index (χ4n) is 1.88. The molecule has 1 heteroatoms. The van der Waals surface area contributed by atoms with Gasteiger partial charge in [0, 0.05) is 6.42 Å². The van der Waals surface area contributed by atoms with Crippen LogP contribution in [0.15, 0.2) is 36.4 Å². The summed E-state index contributed by atoms with van der Waals surface area (Å²) in [6.45, 7) is 0. The van der Waals surface area contributed by atoms with Gasteiger partial charge in [-0.15, -0.1) is 12.3 Å². The van der Waals surface area contributed by atoms with Crippen molar-refractivity contribution in [3.63, 3.8) is 0 Å². The van der Waals surface area contributed by atoms with E-state index in [1.165, 1.54) is 16.3 Å². The molecule has 0 heterocycles. The van der Waals surface area contributed by atoms with E-state index in [2.05, 4.69) is 36.3 Å². The highest BCUT2D eigenvalue weighted by Gasteiger charge is 2.01. The average molecular weight is 210 g/mol. The molecule has 2 aromatic rings. The highest BCUT2D eigenvalue weighted by Crippen LogP contribution is 2.24. The second-order valence-corrected chi connectivity index (χ2v) is 3.71. The van der Waals surface area contributed by atoms with Crippen molar-refractivity contribution >= 4 is 10.8 Å². The van der Waals surface area contributed by atoms with Crippen LogP contribution in [0.25, 0.3) is 10.8 Å². The Labute approximate surface area is 96.1 Å². The minimum Gasteiger partial charge on any atom is -0.497 e. The summed E-state index contributed by atoms with van der Waals surface area (Å²) >= 11 is 0. The van der Waals surface area contributed by atoms with E-state index in [9.17, 15) is 0 Å². The molecule has 0 aliphatic heterocycles. The summed E-state index contributed by atoms with van der Waals surface area (Å²) in [5, 5.41) is 2.47. The zero-order valence-electron chi connectivity index (χ0n) is 9.36. The lowest BCUT2D eigenvalue weighted by atomic mass is 10.0. The smallest absolute Gasteiger partial charge is 0.119 e. The van der Waals surface area contributed by atoms with Gasteiger partial charge < -0.3 is 4.74 Å². The molecule has 0 aliphatic rings. The molecule has 0 bridgehead atoms. The van der Waals surface area contributed by atoms with Gasteiger partial charge in [-0.25, -0.2) is 0 Å². The Bertz CT molecular complexity index is 535. The Hall–Kier alpha value is -1.94. The van der Waals surface area contributed by atoms with E-state index < -0.39 is 0 Å². The highest BCUT2D eigenvalue weighted by molar-refractivity contribution is 5.87. The molecule has 1 nitrogen and oxygen atoms in total. The predicted molar refractivity (Wildman–Crippen MR) is 67.7 cm³/mol. The van der Waals surface area contributed by atoms with E-state index in [1.807, 2.05) is 6.07 Å². The van der Waals surface area contributed by atoms with Gasteiger partial charge in [-0.05, 0) is 34.9 Å². The molecule has 0 aliphatic carbocycles. The van der Waals surface area contributed by atoms with E-state index in [4.69, 9.17) is 11.2 Å². The molecule has 0 saturated heterocycles. The molecule has 0 amide bonds. The van der Waals surface area contributed by atoms with Gasteiger partial charge >= 0.3 is 0 Å². The lowest BCUT2D eigenvalue weighted by Crippen LogP contribution is -1.88. The normalized spacial score (nSPS) is 10.0. The second-order valence-electron chi connectivity index (χ2n) is 3.71. The van der Waals surface area contributed by atoms with E-state index >= 15 is 0 Å². The first-order chi connectivity index (χ1) is 7.85. The summed E-state index contributed by atoms with van der Waals surface area (Å²) in [5.74, 6) is 3.57. The van der Waals surface area contributed by atoms with Crippen LogP contribution in [0.5, 0.6) is 5.75 Å². The van der Waals surface area contributed by atoms with E-state index in [0.29, 0.717) is 0 Å². The molecule has 80 valence electrons. The average Bonchev–Trinajstić information content (AvgIpc) is 2.35.